The van der Waals surface area contributed by atoms with E-state index in [0.29, 0.717) is 31.0 Å². The average Bonchev–Trinajstić information content (AvgIpc) is 3.22. The van der Waals surface area contributed by atoms with E-state index in [4.69, 9.17) is 0 Å². The first-order chi connectivity index (χ1) is 16.0. The predicted octanol–water partition coefficient (Wildman–Crippen LogP) is 2.92. The van der Waals surface area contributed by atoms with Crippen molar-refractivity contribution in [2.45, 2.75) is 46.8 Å². The molecule has 3 heterocycles. The van der Waals surface area contributed by atoms with Crippen molar-refractivity contribution in [2.75, 3.05) is 19.6 Å². The first kappa shape index (κ1) is 23.8. The number of carbonyl (C=O) groups is 2. The van der Waals surface area contributed by atoms with Crippen molar-refractivity contribution >= 4 is 17.5 Å². The van der Waals surface area contributed by atoms with Crippen molar-refractivity contribution in [3.8, 4) is 11.3 Å². The van der Waals surface area contributed by atoms with Gasteiger partial charge in [-0.3, -0.25) is 9.59 Å². The summed E-state index contributed by atoms with van der Waals surface area (Å²) in [6.45, 7) is 10.3. The number of aliphatic hydroxyl groups is 1. The SMILES string of the molecule is Cc1cc(-c2ccc(F)cc2)nn2cc(C(=O)N3CCN(C(=O)C(O)C(C)(C)C)C(C)C3)nc12. The highest BCUT2D eigenvalue weighted by Crippen LogP contribution is 2.24. The normalized spacial score (nSPS) is 17.8. The molecular weight excluding hydrogens is 437 g/mol. The van der Waals surface area contributed by atoms with Gasteiger partial charge in [0, 0.05) is 31.2 Å². The summed E-state index contributed by atoms with van der Waals surface area (Å²) in [6, 6.07) is 7.70. The Morgan fingerprint density at radius 1 is 1.18 bits per heavy atom. The number of benzene rings is 1. The number of hydrogen-bond donors (Lipinski definition) is 1. The molecule has 1 aliphatic rings. The van der Waals surface area contributed by atoms with E-state index >= 15 is 0 Å². The quantitative estimate of drug-likeness (QED) is 0.640. The zero-order chi connectivity index (χ0) is 24.8. The summed E-state index contributed by atoms with van der Waals surface area (Å²) in [6.07, 6.45) is 0.503. The van der Waals surface area contributed by atoms with Crippen molar-refractivity contribution in [3.05, 3.63) is 53.6 Å². The number of nitrogens with zero attached hydrogens (tertiary/aromatic N) is 5. The Balaban J connectivity index is 1.53. The maximum Gasteiger partial charge on any atom is 0.274 e. The maximum atomic E-state index is 13.3. The molecule has 2 unspecified atom stereocenters. The monoisotopic (exact) mass is 467 g/mol. The van der Waals surface area contributed by atoms with Gasteiger partial charge in [0.15, 0.2) is 5.65 Å². The van der Waals surface area contributed by atoms with E-state index in [-0.39, 0.29) is 29.4 Å². The Morgan fingerprint density at radius 3 is 2.47 bits per heavy atom. The van der Waals surface area contributed by atoms with E-state index in [2.05, 4.69) is 10.1 Å². The molecule has 2 amide bonds. The molecule has 1 aliphatic heterocycles. The Bertz CT molecular complexity index is 1230. The number of rotatable bonds is 3. The van der Waals surface area contributed by atoms with Crippen molar-refractivity contribution < 1.29 is 19.1 Å². The number of halogens is 1. The lowest BCUT2D eigenvalue weighted by Gasteiger charge is -2.41. The largest absolute Gasteiger partial charge is 0.383 e. The molecule has 2 aromatic heterocycles. The van der Waals surface area contributed by atoms with Gasteiger partial charge in [-0.25, -0.2) is 13.9 Å². The van der Waals surface area contributed by atoms with Crippen LogP contribution in [0.1, 0.15) is 43.7 Å². The Labute approximate surface area is 198 Å². The minimum Gasteiger partial charge on any atom is -0.383 e. The highest BCUT2D eigenvalue weighted by Gasteiger charge is 2.37. The lowest BCUT2D eigenvalue weighted by molar-refractivity contribution is -0.149. The van der Waals surface area contributed by atoms with E-state index in [1.54, 1.807) is 32.6 Å². The fourth-order valence-corrected chi connectivity index (χ4v) is 4.15. The number of imidazole rings is 1. The first-order valence-corrected chi connectivity index (χ1v) is 11.4. The Hall–Kier alpha value is -3.33. The summed E-state index contributed by atoms with van der Waals surface area (Å²) < 4.78 is 14.9. The van der Waals surface area contributed by atoms with Crippen molar-refractivity contribution in [1.82, 2.24) is 24.4 Å². The number of hydrogen-bond acceptors (Lipinski definition) is 5. The predicted molar refractivity (Wildman–Crippen MR) is 126 cm³/mol. The van der Waals surface area contributed by atoms with Crippen LogP contribution < -0.4 is 0 Å². The second-order valence-electron chi connectivity index (χ2n) is 10.0. The Kier molecular flexibility index (Phi) is 6.16. The molecule has 0 saturated carbocycles. The molecule has 0 bridgehead atoms. The topological polar surface area (TPSA) is 91.0 Å². The van der Waals surface area contributed by atoms with Crippen LogP contribution in [0.2, 0.25) is 0 Å². The molecule has 1 N–H and O–H groups in total. The van der Waals surface area contributed by atoms with Gasteiger partial charge in [0.1, 0.15) is 17.6 Å². The van der Waals surface area contributed by atoms with Gasteiger partial charge in [0.25, 0.3) is 11.8 Å². The number of aryl methyl sites for hydroxylation is 1. The fraction of sp³-hybridized carbons (Fsp3) is 0.440. The summed E-state index contributed by atoms with van der Waals surface area (Å²) in [5.74, 6) is -0.863. The molecule has 2 atom stereocenters. The third-order valence-electron chi connectivity index (χ3n) is 6.22. The van der Waals surface area contributed by atoms with Gasteiger partial charge in [0.2, 0.25) is 0 Å². The second-order valence-corrected chi connectivity index (χ2v) is 10.0. The molecule has 0 spiro atoms. The molecule has 1 aromatic carbocycles. The van der Waals surface area contributed by atoms with Gasteiger partial charge in [-0.1, -0.05) is 20.8 Å². The summed E-state index contributed by atoms with van der Waals surface area (Å²) in [5.41, 5.74) is 2.55. The van der Waals surface area contributed by atoms with Crippen LogP contribution in [-0.2, 0) is 4.79 Å². The van der Waals surface area contributed by atoms with E-state index in [9.17, 15) is 19.1 Å². The number of amides is 2. The molecule has 180 valence electrons. The molecule has 4 rings (SSSR count). The standard InChI is InChI=1S/C25H30FN5O3/c1-15-12-19(17-6-8-18(26)9-7-17)28-31-14-20(27-22(15)31)23(33)29-10-11-30(16(2)13-29)24(34)21(32)25(3,4)5/h6-9,12,14,16,21,32H,10-11,13H2,1-5H3. The highest BCUT2D eigenvalue weighted by atomic mass is 19.1. The fourth-order valence-electron chi connectivity index (χ4n) is 4.15. The lowest BCUT2D eigenvalue weighted by Crippen LogP contribution is -2.58. The van der Waals surface area contributed by atoms with E-state index < -0.39 is 11.5 Å². The molecule has 1 saturated heterocycles. The van der Waals surface area contributed by atoms with Crippen LogP contribution in [0.5, 0.6) is 0 Å². The van der Waals surface area contributed by atoms with Gasteiger partial charge in [0.05, 0.1) is 11.9 Å². The van der Waals surface area contributed by atoms with Crippen molar-refractivity contribution in [2.24, 2.45) is 5.41 Å². The number of aromatic nitrogens is 3. The smallest absolute Gasteiger partial charge is 0.274 e. The minimum absolute atomic E-state index is 0.232. The van der Waals surface area contributed by atoms with Crippen LogP contribution in [-0.4, -0.2) is 73.1 Å². The van der Waals surface area contributed by atoms with Gasteiger partial charge in [-0.2, -0.15) is 5.10 Å². The number of aliphatic hydroxyl groups excluding tert-OH is 1. The summed E-state index contributed by atoms with van der Waals surface area (Å²) in [4.78, 5) is 33.8. The van der Waals surface area contributed by atoms with E-state index in [1.165, 1.54) is 12.1 Å². The van der Waals surface area contributed by atoms with Crippen LogP contribution >= 0.6 is 0 Å². The Morgan fingerprint density at radius 2 is 1.85 bits per heavy atom. The molecule has 3 aromatic rings. The van der Waals surface area contributed by atoms with Crippen molar-refractivity contribution in [3.63, 3.8) is 0 Å². The minimum atomic E-state index is -1.10. The molecule has 9 heteroatoms. The zero-order valence-corrected chi connectivity index (χ0v) is 20.1. The summed E-state index contributed by atoms with van der Waals surface area (Å²) in [7, 11) is 0. The van der Waals surface area contributed by atoms with Crippen LogP contribution in [0.4, 0.5) is 4.39 Å². The summed E-state index contributed by atoms with van der Waals surface area (Å²) in [5, 5.41) is 14.9. The molecule has 0 aliphatic carbocycles. The third-order valence-corrected chi connectivity index (χ3v) is 6.22. The van der Waals surface area contributed by atoms with Crippen LogP contribution in [0.15, 0.2) is 36.5 Å². The van der Waals surface area contributed by atoms with Crippen molar-refractivity contribution in [1.29, 1.82) is 0 Å². The average molecular weight is 468 g/mol. The third kappa shape index (κ3) is 4.52. The van der Waals surface area contributed by atoms with E-state index in [1.807, 2.05) is 40.7 Å². The number of piperazine rings is 1. The van der Waals surface area contributed by atoms with Gasteiger partial charge < -0.3 is 14.9 Å². The number of fused-ring (bicyclic) bond motifs is 1. The maximum absolute atomic E-state index is 13.3. The van der Waals surface area contributed by atoms with Crippen LogP contribution in [0.25, 0.3) is 16.9 Å². The molecular formula is C25H30FN5O3. The van der Waals surface area contributed by atoms with Gasteiger partial charge >= 0.3 is 0 Å². The lowest BCUT2D eigenvalue weighted by atomic mass is 9.88. The zero-order valence-electron chi connectivity index (χ0n) is 20.1. The highest BCUT2D eigenvalue weighted by molar-refractivity contribution is 5.93. The van der Waals surface area contributed by atoms with Gasteiger partial charge in [-0.05, 0) is 55.2 Å². The second kappa shape index (κ2) is 8.79. The summed E-state index contributed by atoms with van der Waals surface area (Å²) >= 11 is 0. The number of carbonyl (C=O) groups excluding carboxylic acids is 2. The molecule has 1 fully saturated rings. The molecule has 8 nitrogen and oxygen atoms in total. The van der Waals surface area contributed by atoms with Crippen LogP contribution in [0.3, 0.4) is 0 Å². The van der Waals surface area contributed by atoms with E-state index in [0.717, 1.165) is 11.1 Å². The molecule has 34 heavy (non-hydrogen) atoms. The first-order valence-electron chi connectivity index (χ1n) is 11.4. The van der Waals surface area contributed by atoms with Crippen LogP contribution in [0, 0.1) is 18.2 Å². The molecule has 0 radical (unpaired) electrons. The van der Waals surface area contributed by atoms with Gasteiger partial charge in [-0.15, -0.1) is 0 Å².